The van der Waals surface area contributed by atoms with Crippen molar-refractivity contribution in [2.75, 3.05) is 13.2 Å². The zero-order valence-corrected chi connectivity index (χ0v) is 11.3. The van der Waals surface area contributed by atoms with Crippen molar-refractivity contribution < 1.29 is 33.7 Å². The first kappa shape index (κ1) is 14.1. The van der Waals surface area contributed by atoms with E-state index in [-0.39, 0.29) is 25.0 Å². The summed E-state index contributed by atoms with van der Waals surface area (Å²) in [4.78, 5) is 34.7. The molecule has 7 heteroatoms. The lowest BCUT2D eigenvalue weighted by Crippen LogP contribution is -2.41. The minimum absolute atomic E-state index is 0.0717. The van der Waals surface area contributed by atoms with Crippen LogP contribution in [0.1, 0.15) is 6.42 Å². The Morgan fingerprint density at radius 2 is 2.05 bits per heavy atom. The summed E-state index contributed by atoms with van der Waals surface area (Å²) in [7, 11) is 0. The maximum Gasteiger partial charge on any atom is 0.330 e. The lowest BCUT2D eigenvalue weighted by Gasteiger charge is -2.26. The first-order chi connectivity index (χ1) is 10.0. The van der Waals surface area contributed by atoms with E-state index in [0.29, 0.717) is 6.42 Å². The van der Waals surface area contributed by atoms with Gasteiger partial charge in [0.25, 0.3) is 0 Å². The maximum atomic E-state index is 12.1. The highest BCUT2D eigenvalue weighted by molar-refractivity contribution is 5.86. The van der Waals surface area contributed by atoms with Gasteiger partial charge in [-0.25, -0.2) is 4.79 Å². The summed E-state index contributed by atoms with van der Waals surface area (Å²) in [5, 5.41) is 10.1. The zero-order valence-electron chi connectivity index (χ0n) is 11.3. The molecule has 1 N–H and O–H groups in total. The van der Waals surface area contributed by atoms with Crippen LogP contribution in [0.3, 0.4) is 0 Å². The average Bonchev–Trinajstić information content (AvgIpc) is 3.07. The number of fused-ring (bicyclic) bond motifs is 1. The van der Waals surface area contributed by atoms with Crippen molar-refractivity contribution in [3.05, 3.63) is 12.7 Å². The third-order valence-electron chi connectivity index (χ3n) is 4.59. The van der Waals surface area contributed by atoms with Crippen molar-refractivity contribution in [1.82, 2.24) is 0 Å². The predicted molar refractivity (Wildman–Crippen MR) is 66.6 cm³/mol. The number of hydrogen-bond acceptors (Lipinski definition) is 7. The molecule has 7 nitrogen and oxygen atoms in total. The Balaban J connectivity index is 1.57. The van der Waals surface area contributed by atoms with Gasteiger partial charge in [-0.1, -0.05) is 6.58 Å². The van der Waals surface area contributed by atoms with Crippen LogP contribution in [-0.4, -0.2) is 48.4 Å². The van der Waals surface area contributed by atoms with Gasteiger partial charge < -0.3 is 19.3 Å². The van der Waals surface area contributed by atoms with Gasteiger partial charge in [0, 0.05) is 17.9 Å². The second-order valence-electron chi connectivity index (χ2n) is 5.55. The second kappa shape index (κ2) is 5.14. The van der Waals surface area contributed by atoms with Crippen LogP contribution in [0.2, 0.25) is 0 Å². The average molecular weight is 296 g/mol. The van der Waals surface area contributed by atoms with Gasteiger partial charge in [0.2, 0.25) is 0 Å². The first-order valence-corrected chi connectivity index (χ1v) is 6.89. The van der Waals surface area contributed by atoms with Gasteiger partial charge in [0.05, 0.1) is 17.9 Å². The molecule has 0 spiro atoms. The number of hydrogen-bond donors (Lipinski definition) is 1. The maximum absolute atomic E-state index is 12.1. The SMILES string of the molecule is C=CC(=O)OCCOC(=O)C1C2CC3C(OC(=O)C31)C2O. The highest BCUT2D eigenvalue weighted by Crippen LogP contribution is 2.57. The Labute approximate surface area is 120 Å². The number of rotatable bonds is 5. The monoisotopic (exact) mass is 296 g/mol. The Morgan fingerprint density at radius 3 is 2.76 bits per heavy atom. The minimum Gasteiger partial charge on any atom is -0.462 e. The van der Waals surface area contributed by atoms with Crippen molar-refractivity contribution in [2.45, 2.75) is 18.6 Å². The first-order valence-electron chi connectivity index (χ1n) is 6.89. The summed E-state index contributed by atoms with van der Waals surface area (Å²) in [6, 6.07) is 0. The van der Waals surface area contributed by atoms with E-state index in [1.165, 1.54) is 0 Å². The summed E-state index contributed by atoms with van der Waals surface area (Å²) in [5.74, 6) is -3.11. The molecule has 3 aliphatic rings. The lowest BCUT2D eigenvalue weighted by molar-refractivity contribution is -0.159. The molecule has 0 amide bonds. The van der Waals surface area contributed by atoms with E-state index in [1.807, 2.05) is 0 Å². The molecule has 0 aromatic carbocycles. The van der Waals surface area contributed by atoms with E-state index in [2.05, 4.69) is 6.58 Å². The van der Waals surface area contributed by atoms with Gasteiger partial charge in [-0.15, -0.1) is 0 Å². The Morgan fingerprint density at radius 1 is 1.33 bits per heavy atom. The Hall–Kier alpha value is -1.89. The normalized spacial score (nSPS) is 39.0. The summed E-state index contributed by atoms with van der Waals surface area (Å²) in [6.07, 6.45) is 0.356. The minimum atomic E-state index is -0.797. The molecule has 1 saturated heterocycles. The van der Waals surface area contributed by atoms with E-state index in [4.69, 9.17) is 14.2 Å². The van der Waals surface area contributed by atoms with Crippen LogP contribution in [-0.2, 0) is 28.6 Å². The molecule has 6 atom stereocenters. The summed E-state index contributed by atoms with van der Waals surface area (Å²) < 4.78 is 14.9. The predicted octanol–water partition coefficient (Wildman–Crippen LogP) is -0.573. The lowest BCUT2D eigenvalue weighted by atomic mass is 9.78. The van der Waals surface area contributed by atoms with Gasteiger partial charge in [-0.3, -0.25) is 9.59 Å². The largest absolute Gasteiger partial charge is 0.462 e. The van der Waals surface area contributed by atoms with E-state index in [0.717, 1.165) is 6.08 Å². The van der Waals surface area contributed by atoms with E-state index < -0.39 is 42.0 Å². The highest BCUT2D eigenvalue weighted by atomic mass is 16.6. The molecule has 0 aromatic rings. The van der Waals surface area contributed by atoms with Crippen molar-refractivity contribution >= 4 is 17.9 Å². The molecule has 1 heterocycles. The standard InChI is InChI=1S/C14H16O7/c1-2-8(15)19-3-4-20-13(17)9-6-5-7-10(9)14(18)21-12(7)11(6)16/h2,6-7,9-12,16H,1,3-5H2. The van der Waals surface area contributed by atoms with Gasteiger partial charge in [0.15, 0.2) is 0 Å². The van der Waals surface area contributed by atoms with E-state index in [9.17, 15) is 19.5 Å². The molecule has 0 radical (unpaired) electrons. The summed E-state index contributed by atoms with van der Waals surface area (Å²) >= 11 is 0. The van der Waals surface area contributed by atoms with Gasteiger partial charge >= 0.3 is 17.9 Å². The number of aliphatic hydroxyl groups is 1. The molecule has 2 bridgehead atoms. The molecule has 3 rings (SSSR count). The fraction of sp³-hybridized carbons (Fsp3) is 0.643. The molecule has 6 unspecified atom stereocenters. The molecule has 1 aliphatic heterocycles. The van der Waals surface area contributed by atoms with E-state index >= 15 is 0 Å². The number of esters is 3. The summed E-state index contributed by atoms with van der Waals surface area (Å²) in [6.45, 7) is 3.08. The van der Waals surface area contributed by atoms with Gasteiger partial charge in [0.1, 0.15) is 19.3 Å². The van der Waals surface area contributed by atoms with Gasteiger partial charge in [-0.05, 0) is 6.42 Å². The van der Waals surface area contributed by atoms with Crippen LogP contribution < -0.4 is 0 Å². The number of aliphatic hydroxyl groups excluding tert-OH is 1. The zero-order chi connectivity index (χ0) is 15.1. The molecule has 2 aliphatic carbocycles. The van der Waals surface area contributed by atoms with Crippen LogP contribution in [0.15, 0.2) is 12.7 Å². The van der Waals surface area contributed by atoms with Crippen LogP contribution in [0.5, 0.6) is 0 Å². The molecular formula is C14H16O7. The molecule has 21 heavy (non-hydrogen) atoms. The van der Waals surface area contributed by atoms with Crippen LogP contribution in [0.25, 0.3) is 0 Å². The number of ether oxygens (including phenoxy) is 3. The fourth-order valence-corrected chi connectivity index (χ4v) is 3.78. The van der Waals surface area contributed by atoms with Crippen molar-refractivity contribution in [2.24, 2.45) is 23.7 Å². The van der Waals surface area contributed by atoms with Crippen molar-refractivity contribution in [3.63, 3.8) is 0 Å². The summed E-state index contributed by atoms with van der Waals surface area (Å²) in [5.41, 5.74) is 0. The smallest absolute Gasteiger partial charge is 0.330 e. The Bertz CT molecular complexity index is 500. The van der Waals surface area contributed by atoms with Crippen LogP contribution >= 0.6 is 0 Å². The van der Waals surface area contributed by atoms with Crippen LogP contribution in [0.4, 0.5) is 0 Å². The van der Waals surface area contributed by atoms with E-state index in [1.54, 1.807) is 0 Å². The molecule has 0 aromatic heterocycles. The number of carbonyl (C=O) groups excluding carboxylic acids is 3. The second-order valence-corrected chi connectivity index (χ2v) is 5.55. The quantitative estimate of drug-likeness (QED) is 0.314. The number of carbonyl (C=O) groups is 3. The fourth-order valence-electron chi connectivity index (χ4n) is 3.78. The topological polar surface area (TPSA) is 99.1 Å². The van der Waals surface area contributed by atoms with Crippen molar-refractivity contribution in [3.8, 4) is 0 Å². The van der Waals surface area contributed by atoms with Crippen molar-refractivity contribution in [1.29, 1.82) is 0 Å². The molecular weight excluding hydrogens is 280 g/mol. The molecule has 2 saturated carbocycles. The van der Waals surface area contributed by atoms with Gasteiger partial charge in [-0.2, -0.15) is 0 Å². The third-order valence-corrected chi connectivity index (χ3v) is 4.59. The third kappa shape index (κ3) is 2.12. The molecule has 114 valence electrons. The molecule has 3 fully saturated rings. The van der Waals surface area contributed by atoms with Crippen LogP contribution in [0, 0.1) is 23.7 Å². The Kier molecular flexibility index (Phi) is 3.44. The highest BCUT2D eigenvalue weighted by Gasteiger charge is 2.68.